The molecule has 1 aromatic heterocycles. The minimum absolute atomic E-state index is 0.101. The Kier molecular flexibility index (Phi) is 10.1. The van der Waals surface area contributed by atoms with E-state index in [1.165, 1.54) is 24.5 Å². The minimum atomic E-state index is -0.676. The summed E-state index contributed by atoms with van der Waals surface area (Å²) < 4.78 is 10.7. The summed E-state index contributed by atoms with van der Waals surface area (Å²) in [6.45, 7) is 4.80. The maximum absolute atomic E-state index is 12.1. The number of hydrogen-bond acceptors (Lipinski definition) is 10. The molecule has 41 heavy (non-hydrogen) atoms. The van der Waals surface area contributed by atoms with Gasteiger partial charge in [-0.25, -0.2) is 14.8 Å². The third-order valence-electron chi connectivity index (χ3n) is 7.06. The largest absolute Gasteiger partial charge is 0.491 e. The average Bonchev–Trinajstić information content (AvgIpc) is 3.40. The van der Waals surface area contributed by atoms with Crippen LogP contribution in [0, 0.1) is 6.92 Å². The monoisotopic (exact) mass is 603 g/mol. The number of hydrogen-bond donors (Lipinski definition) is 3. The van der Waals surface area contributed by atoms with E-state index < -0.39 is 6.10 Å². The number of carbonyl (C=O) groups excluding carboxylic acids is 1. The van der Waals surface area contributed by atoms with E-state index in [1.54, 1.807) is 37.2 Å². The molecule has 13 heteroatoms. The van der Waals surface area contributed by atoms with Gasteiger partial charge in [-0.15, -0.1) is 0 Å². The zero-order chi connectivity index (χ0) is 29.7. The number of aliphatic hydroxyl groups excluding tert-OH is 1. The molecule has 220 valence electrons. The number of anilines is 1. The number of methoxy groups -OCH3 is 1. The lowest BCUT2D eigenvalue weighted by molar-refractivity contribution is 0.108. The molecule has 0 saturated carbocycles. The number of aromatic nitrogens is 2. The Morgan fingerprint density at radius 2 is 2.05 bits per heavy atom. The van der Waals surface area contributed by atoms with Crippen LogP contribution in [0.5, 0.6) is 5.75 Å². The Labute approximate surface area is 249 Å². The molecule has 2 aliphatic heterocycles. The number of halogens is 2. The Bertz CT molecular complexity index is 1400. The summed E-state index contributed by atoms with van der Waals surface area (Å²) in [5.74, 6) is 1.56. The van der Waals surface area contributed by atoms with Crippen molar-refractivity contribution in [1.29, 1.82) is 0 Å². The number of aliphatic imine (C=N–C) groups is 1. The molecule has 2 aliphatic rings. The van der Waals surface area contributed by atoms with Crippen LogP contribution in [0.1, 0.15) is 17.7 Å². The predicted molar refractivity (Wildman–Crippen MR) is 161 cm³/mol. The van der Waals surface area contributed by atoms with Crippen LogP contribution in [-0.2, 0) is 4.74 Å². The first-order valence-corrected chi connectivity index (χ1v) is 13.9. The van der Waals surface area contributed by atoms with E-state index >= 15 is 0 Å². The van der Waals surface area contributed by atoms with Crippen LogP contribution in [0.4, 0.5) is 10.6 Å². The first-order valence-electron chi connectivity index (χ1n) is 13.2. The molecule has 0 aliphatic carbocycles. The molecular weight excluding hydrogens is 569 g/mol. The molecule has 0 radical (unpaired) electrons. The Morgan fingerprint density at radius 1 is 1.29 bits per heavy atom. The quantitative estimate of drug-likeness (QED) is 0.291. The summed E-state index contributed by atoms with van der Waals surface area (Å²) in [7, 11) is 4.77. The van der Waals surface area contributed by atoms with Crippen molar-refractivity contribution in [3.8, 4) is 17.1 Å². The van der Waals surface area contributed by atoms with Gasteiger partial charge in [0.2, 0.25) is 0 Å². The second-order valence-corrected chi connectivity index (χ2v) is 10.6. The highest BCUT2D eigenvalue weighted by molar-refractivity contribution is 6.46. The van der Waals surface area contributed by atoms with Crippen molar-refractivity contribution in [1.82, 2.24) is 20.2 Å². The Balaban J connectivity index is 1.75. The van der Waals surface area contributed by atoms with Gasteiger partial charge in [0, 0.05) is 57.1 Å². The lowest BCUT2D eigenvalue weighted by Gasteiger charge is -2.26. The number of nitrogens with one attached hydrogen (secondary N) is 1. The van der Waals surface area contributed by atoms with E-state index in [1.807, 2.05) is 6.92 Å². The van der Waals surface area contributed by atoms with E-state index in [4.69, 9.17) is 48.4 Å². The molecule has 2 aromatic rings. The number of aliphatic hydroxyl groups is 1. The number of nitrogens with two attached hydrogens (primary N) is 1. The second-order valence-electron chi connectivity index (χ2n) is 9.80. The third kappa shape index (κ3) is 6.75. The van der Waals surface area contributed by atoms with Crippen LogP contribution in [0.15, 0.2) is 45.6 Å². The van der Waals surface area contributed by atoms with Crippen molar-refractivity contribution in [2.45, 2.75) is 19.4 Å². The summed E-state index contributed by atoms with van der Waals surface area (Å²) in [5, 5.41) is 13.7. The van der Waals surface area contributed by atoms with Crippen LogP contribution < -0.4 is 20.7 Å². The van der Waals surface area contributed by atoms with Gasteiger partial charge >= 0.3 is 6.09 Å². The number of allylic oxidation sites excluding steroid dienone is 1. The fourth-order valence-corrected chi connectivity index (χ4v) is 5.37. The van der Waals surface area contributed by atoms with E-state index in [-0.39, 0.29) is 17.7 Å². The minimum Gasteiger partial charge on any atom is -0.491 e. The summed E-state index contributed by atoms with van der Waals surface area (Å²) >= 11 is 13.1. The van der Waals surface area contributed by atoms with Gasteiger partial charge in [0.25, 0.3) is 0 Å². The molecule has 11 nitrogen and oxygen atoms in total. The van der Waals surface area contributed by atoms with Gasteiger partial charge in [-0.1, -0.05) is 23.2 Å². The highest BCUT2D eigenvalue weighted by atomic mass is 35.5. The molecule has 3 heterocycles. The SMILES string of the molecule is CN=C(C(Cl)=CN)c1nc(-c2cc(OC[C@H](O)CNC)ccc2Cl)nc(N2CC3=C(CN(C(=O)OC)CC3)C2)c1C. The number of likely N-dealkylation sites (N-methyl/N-ethyl adjacent to an activating group) is 1. The van der Waals surface area contributed by atoms with Crippen LogP contribution in [0.2, 0.25) is 5.02 Å². The molecule has 1 amide bonds. The zero-order valence-corrected chi connectivity index (χ0v) is 25.1. The van der Waals surface area contributed by atoms with E-state index in [9.17, 15) is 9.90 Å². The highest BCUT2D eigenvalue weighted by Gasteiger charge is 2.32. The molecule has 4 N–H and O–H groups in total. The lowest BCUT2D eigenvalue weighted by atomic mass is 10.0. The molecular formula is C28H35Cl2N7O4. The van der Waals surface area contributed by atoms with Crippen molar-refractivity contribution in [3.63, 3.8) is 0 Å². The number of nitrogens with zero attached hydrogens (tertiary/aromatic N) is 5. The van der Waals surface area contributed by atoms with Crippen molar-refractivity contribution in [2.75, 3.05) is 65.4 Å². The van der Waals surface area contributed by atoms with Gasteiger partial charge in [-0.3, -0.25) is 4.99 Å². The average molecular weight is 605 g/mol. The van der Waals surface area contributed by atoms with E-state index in [0.717, 1.165) is 12.0 Å². The van der Waals surface area contributed by atoms with Crippen molar-refractivity contribution >= 4 is 40.8 Å². The lowest BCUT2D eigenvalue weighted by Crippen LogP contribution is -2.37. The fraction of sp³-hybridized carbons (Fsp3) is 0.429. The first kappa shape index (κ1) is 30.6. The number of amides is 1. The standard InChI is InChI=1S/C28H35Cl2N7O4/c1-16-24(25(33-3)23(30)10-31)34-26(21-9-20(5-6-22(21)29)41-15-19(38)11-32-2)35-27(16)37-12-17-7-8-36(28(39)40-4)13-18(17)14-37/h5-6,9-10,19,32,38H,7-8,11-15,31H2,1-4H3/t19-/m1/s1. The van der Waals surface area contributed by atoms with Gasteiger partial charge in [0.1, 0.15) is 30.0 Å². The van der Waals surface area contributed by atoms with Gasteiger partial charge in [0.15, 0.2) is 5.82 Å². The number of ether oxygens (including phenoxy) is 2. The highest BCUT2D eigenvalue weighted by Crippen LogP contribution is 2.36. The van der Waals surface area contributed by atoms with Gasteiger partial charge < -0.3 is 35.4 Å². The maximum atomic E-state index is 12.1. The van der Waals surface area contributed by atoms with E-state index in [2.05, 4.69) is 15.2 Å². The molecule has 4 rings (SSSR count). The Hall–Kier alpha value is -3.38. The third-order valence-corrected chi connectivity index (χ3v) is 7.70. The molecule has 0 saturated heterocycles. The summed E-state index contributed by atoms with van der Waals surface area (Å²) in [4.78, 5) is 30.2. The smallest absolute Gasteiger partial charge is 0.409 e. The summed E-state index contributed by atoms with van der Waals surface area (Å²) in [6.07, 6.45) is 1.03. The Morgan fingerprint density at radius 3 is 2.73 bits per heavy atom. The summed E-state index contributed by atoms with van der Waals surface area (Å²) in [5.41, 5.74) is 10.5. The zero-order valence-electron chi connectivity index (χ0n) is 23.6. The molecule has 1 aromatic carbocycles. The maximum Gasteiger partial charge on any atom is 0.409 e. The van der Waals surface area contributed by atoms with Gasteiger partial charge in [0.05, 0.1) is 22.9 Å². The van der Waals surface area contributed by atoms with Crippen LogP contribution >= 0.6 is 23.2 Å². The van der Waals surface area contributed by atoms with Crippen LogP contribution in [0.3, 0.4) is 0 Å². The molecule has 0 unspecified atom stereocenters. The number of rotatable bonds is 9. The fourth-order valence-electron chi connectivity index (χ4n) is 4.99. The second kappa shape index (κ2) is 13.5. The number of benzene rings is 1. The first-order chi connectivity index (χ1) is 19.7. The predicted octanol–water partition coefficient (Wildman–Crippen LogP) is 3.11. The molecule has 0 bridgehead atoms. The topological polar surface area (TPSA) is 138 Å². The van der Waals surface area contributed by atoms with Crippen molar-refractivity contribution in [3.05, 3.63) is 56.9 Å². The van der Waals surface area contributed by atoms with E-state index in [0.29, 0.717) is 72.1 Å². The van der Waals surface area contributed by atoms with Crippen LogP contribution in [-0.4, -0.2) is 98.4 Å². The van der Waals surface area contributed by atoms with Gasteiger partial charge in [-0.2, -0.15) is 0 Å². The van der Waals surface area contributed by atoms with Crippen molar-refractivity contribution < 1.29 is 19.4 Å². The van der Waals surface area contributed by atoms with Crippen molar-refractivity contribution in [2.24, 2.45) is 10.7 Å². The molecule has 0 spiro atoms. The van der Waals surface area contributed by atoms with Gasteiger partial charge in [-0.05, 0) is 49.7 Å². The van der Waals surface area contributed by atoms with Crippen LogP contribution in [0.25, 0.3) is 11.4 Å². The summed E-state index contributed by atoms with van der Waals surface area (Å²) in [6, 6.07) is 5.18. The molecule has 1 atom stereocenters. The molecule has 0 fully saturated rings. The normalized spacial score (nSPS) is 16.7. The number of carbonyl (C=O) groups is 1.